The van der Waals surface area contributed by atoms with Crippen LogP contribution in [0.3, 0.4) is 0 Å². The highest BCUT2D eigenvalue weighted by Gasteiger charge is 2.23. The third-order valence-corrected chi connectivity index (χ3v) is 4.65. The van der Waals surface area contributed by atoms with Gasteiger partial charge in [0, 0.05) is 43.3 Å². The van der Waals surface area contributed by atoms with Crippen molar-refractivity contribution in [1.29, 1.82) is 0 Å². The van der Waals surface area contributed by atoms with E-state index in [9.17, 15) is 4.39 Å². The maximum Gasteiger partial charge on any atom is 0.123 e. The lowest BCUT2D eigenvalue weighted by Gasteiger charge is -2.32. The minimum absolute atomic E-state index is 0.206. The van der Waals surface area contributed by atoms with Crippen LogP contribution in [0.1, 0.15) is 30.0 Å². The number of nitrogens with zero attached hydrogens (tertiary/aromatic N) is 4. The van der Waals surface area contributed by atoms with Crippen LogP contribution in [-0.4, -0.2) is 38.0 Å². The van der Waals surface area contributed by atoms with E-state index < -0.39 is 0 Å². The summed E-state index contributed by atoms with van der Waals surface area (Å²) in [5, 5.41) is 11.4. The molecule has 5 nitrogen and oxygen atoms in total. The predicted octanol–water partition coefficient (Wildman–Crippen LogP) is 3.11. The molecule has 0 saturated carbocycles. The second kappa shape index (κ2) is 6.57. The van der Waals surface area contributed by atoms with Crippen LogP contribution in [0.4, 0.5) is 4.39 Å². The Morgan fingerprint density at radius 3 is 3.00 bits per heavy atom. The van der Waals surface area contributed by atoms with Gasteiger partial charge in [-0.25, -0.2) is 9.07 Å². The first-order chi connectivity index (χ1) is 11.8. The molecular weight excluding hydrogens is 305 g/mol. The number of piperidine rings is 1. The van der Waals surface area contributed by atoms with Crippen LogP contribution in [0.25, 0.3) is 5.69 Å². The average molecular weight is 325 g/mol. The Morgan fingerprint density at radius 1 is 1.25 bits per heavy atom. The zero-order valence-corrected chi connectivity index (χ0v) is 13.4. The van der Waals surface area contributed by atoms with Crippen molar-refractivity contribution in [3.63, 3.8) is 0 Å². The second-order valence-corrected chi connectivity index (χ2v) is 6.31. The van der Waals surface area contributed by atoms with Crippen molar-refractivity contribution in [2.24, 2.45) is 0 Å². The predicted molar refractivity (Wildman–Crippen MR) is 89.4 cm³/mol. The molecule has 6 heteroatoms. The van der Waals surface area contributed by atoms with Gasteiger partial charge in [-0.2, -0.15) is 10.2 Å². The number of nitrogens with one attached hydrogen (secondary N) is 1. The first-order valence-electron chi connectivity index (χ1n) is 8.29. The van der Waals surface area contributed by atoms with Crippen molar-refractivity contribution in [2.45, 2.75) is 25.3 Å². The van der Waals surface area contributed by atoms with E-state index in [2.05, 4.69) is 20.2 Å². The number of likely N-dealkylation sites (tertiary alicyclic amines) is 1. The summed E-state index contributed by atoms with van der Waals surface area (Å²) in [5.74, 6) is 0.256. The zero-order chi connectivity index (χ0) is 16.4. The summed E-state index contributed by atoms with van der Waals surface area (Å²) in [6.07, 6.45) is 7.73. The van der Waals surface area contributed by atoms with Crippen LogP contribution < -0.4 is 0 Å². The highest BCUT2D eigenvalue weighted by molar-refractivity contribution is 5.40. The molecule has 0 amide bonds. The molecule has 0 radical (unpaired) electrons. The lowest BCUT2D eigenvalue weighted by molar-refractivity contribution is 0.198. The van der Waals surface area contributed by atoms with Gasteiger partial charge in [0.15, 0.2) is 0 Å². The van der Waals surface area contributed by atoms with Crippen LogP contribution in [-0.2, 0) is 6.54 Å². The molecule has 24 heavy (non-hydrogen) atoms. The van der Waals surface area contributed by atoms with E-state index in [0.717, 1.165) is 43.7 Å². The number of halogens is 1. The van der Waals surface area contributed by atoms with Crippen molar-refractivity contribution in [1.82, 2.24) is 24.9 Å². The number of H-pyrrole nitrogens is 1. The van der Waals surface area contributed by atoms with E-state index in [4.69, 9.17) is 0 Å². The minimum Gasteiger partial charge on any atom is -0.298 e. The van der Waals surface area contributed by atoms with E-state index >= 15 is 0 Å². The summed E-state index contributed by atoms with van der Waals surface area (Å²) in [6, 6.07) is 8.84. The van der Waals surface area contributed by atoms with Gasteiger partial charge in [0.1, 0.15) is 5.82 Å². The average Bonchev–Trinajstić information content (AvgIpc) is 3.29. The van der Waals surface area contributed by atoms with Crippen LogP contribution in [0.2, 0.25) is 0 Å². The topological polar surface area (TPSA) is 49.7 Å². The molecule has 3 heterocycles. The van der Waals surface area contributed by atoms with Gasteiger partial charge in [0.05, 0.1) is 5.69 Å². The molecular formula is C18H20FN5. The van der Waals surface area contributed by atoms with Gasteiger partial charge >= 0.3 is 0 Å². The molecule has 4 rings (SSSR count). The molecule has 1 fully saturated rings. The van der Waals surface area contributed by atoms with Crippen molar-refractivity contribution in [3.05, 3.63) is 66.0 Å². The Bertz CT molecular complexity index is 782. The van der Waals surface area contributed by atoms with Crippen LogP contribution >= 0.6 is 0 Å². The first-order valence-corrected chi connectivity index (χ1v) is 8.29. The van der Waals surface area contributed by atoms with Crippen molar-refractivity contribution < 1.29 is 4.39 Å². The standard InChI is InChI=1S/C18H20FN5/c19-16-4-5-18(24-10-2-7-21-24)15(11-16)13-23-9-1-3-14(12-23)17-6-8-20-22-17/h2,4-8,10-11,14H,1,3,9,12-13H2,(H,20,22)/t14-/m0/s1. The summed E-state index contributed by atoms with van der Waals surface area (Å²) in [4.78, 5) is 2.39. The van der Waals surface area contributed by atoms with Gasteiger partial charge in [-0.3, -0.25) is 10.00 Å². The molecule has 1 aromatic carbocycles. The summed E-state index contributed by atoms with van der Waals surface area (Å²) in [6.45, 7) is 2.70. The highest BCUT2D eigenvalue weighted by Crippen LogP contribution is 2.27. The fourth-order valence-corrected chi connectivity index (χ4v) is 3.50. The second-order valence-electron chi connectivity index (χ2n) is 6.31. The summed E-state index contributed by atoms with van der Waals surface area (Å²) in [5.41, 5.74) is 3.08. The summed E-state index contributed by atoms with van der Waals surface area (Å²) in [7, 11) is 0. The fraction of sp³-hybridized carbons (Fsp3) is 0.333. The van der Waals surface area contributed by atoms with E-state index in [0.29, 0.717) is 5.92 Å². The smallest absolute Gasteiger partial charge is 0.123 e. The third-order valence-electron chi connectivity index (χ3n) is 4.65. The zero-order valence-electron chi connectivity index (χ0n) is 13.4. The van der Waals surface area contributed by atoms with Crippen LogP contribution in [0, 0.1) is 5.82 Å². The number of rotatable bonds is 4. The van der Waals surface area contributed by atoms with Crippen molar-refractivity contribution in [2.75, 3.05) is 13.1 Å². The number of benzene rings is 1. The Kier molecular flexibility index (Phi) is 4.13. The molecule has 0 bridgehead atoms. The molecule has 2 aromatic heterocycles. The fourth-order valence-electron chi connectivity index (χ4n) is 3.50. The Hall–Kier alpha value is -2.47. The number of hydrogen-bond donors (Lipinski definition) is 1. The number of aromatic nitrogens is 4. The maximum atomic E-state index is 13.8. The highest BCUT2D eigenvalue weighted by atomic mass is 19.1. The van der Waals surface area contributed by atoms with Gasteiger partial charge in [0.2, 0.25) is 0 Å². The molecule has 1 saturated heterocycles. The molecule has 1 aliphatic heterocycles. The minimum atomic E-state index is -0.206. The largest absolute Gasteiger partial charge is 0.298 e. The number of aromatic amines is 1. The molecule has 0 aliphatic carbocycles. The number of hydrogen-bond acceptors (Lipinski definition) is 3. The van der Waals surface area contributed by atoms with Gasteiger partial charge in [-0.15, -0.1) is 0 Å². The lowest BCUT2D eigenvalue weighted by atomic mass is 9.94. The summed E-state index contributed by atoms with van der Waals surface area (Å²) >= 11 is 0. The Labute approximate surface area is 140 Å². The normalized spacial score (nSPS) is 18.8. The molecule has 1 N–H and O–H groups in total. The summed E-state index contributed by atoms with van der Waals surface area (Å²) < 4.78 is 15.6. The van der Waals surface area contributed by atoms with E-state index in [1.807, 2.05) is 18.3 Å². The molecule has 0 spiro atoms. The Morgan fingerprint density at radius 2 is 2.21 bits per heavy atom. The van der Waals surface area contributed by atoms with Crippen LogP contribution in [0.5, 0.6) is 0 Å². The monoisotopic (exact) mass is 325 g/mol. The molecule has 124 valence electrons. The first kappa shape index (κ1) is 15.1. The SMILES string of the molecule is Fc1ccc(-n2cccn2)c(CN2CCC[C@H](c3ccn[nH]3)C2)c1. The van der Waals surface area contributed by atoms with E-state index in [-0.39, 0.29) is 5.82 Å². The van der Waals surface area contributed by atoms with Gasteiger partial charge < -0.3 is 0 Å². The molecule has 1 aliphatic rings. The lowest BCUT2D eigenvalue weighted by Crippen LogP contribution is -2.34. The van der Waals surface area contributed by atoms with Gasteiger partial charge in [-0.05, 0) is 55.3 Å². The molecule has 0 unspecified atom stereocenters. The van der Waals surface area contributed by atoms with Crippen LogP contribution in [0.15, 0.2) is 48.9 Å². The third kappa shape index (κ3) is 3.10. The Balaban J connectivity index is 1.55. The van der Waals surface area contributed by atoms with E-state index in [1.54, 1.807) is 29.2 Å². The van der Waals surface area contributed by atoms with Crippen molar-refractivity contribution in [3.8, 4) is 5.69 Å². The van der Waals surface area contributed by atoms with Crippen molar-refractivity contribution >= 4 is 0 Å². The van der Waals surface area contributed by atoms with Gasteiger partial charge in [-0.1, -0.05) is 0 Å². The molecule has 3 aromatic rings. The van der Waals surface area contributed by atoms with E-state index in [1.165, 1.54) is 11.8 Å². The maximum absolute atomic E-state index is 13.8. The van der Waals surface area contributed by atoms with Gasteiger partial charge in [0.25, 0.3) is 0 Å². The quantitative estimate of drug-likeness (QED) is 0.802. The molecule has 1 atom stereocenters.